The van der Waals surface area contributed by atoms with Crippen LogP contribution in [-0.4, -0.2) is 72.8 Å². The fourth-order valence-electron chi connectivity index (χ4n) is 4.11. The summed E-state index contributed by atoms with van der Waals surface area (Å²) in [6, 6.07) is 0. The first-order chi connectivity index (χ1) is 9.54. The van der Waals surface area contributed by atoms with Gasteiger partial charge in [0.25, 0.3) is 0 Å². The second-order valence-corrected chi connectivity index (χ2v) is 6.76. The number of hydrogen-bond donors (Lipinski definition) is 0. The van der Waals surface area contributed by atoms with E-state index in [1.165, 1.54) is 0 Å². The molecule has 20 heavy (non-hydrogen) atoms. The number of carbonyl (C=O) groups is 2. The molecule has 0 aliphatic carbocycles. The zero-order valence-electron chi connectivity index (χ0n) is 12.5. The monoisotopic (exact) mass is 279 g/mol. The van der Waals surface area contributed by atoms with Crippen molar-refractivity contribution in [3.8, 4) is 0 Å². The summed E-state index contributed by atoms with van der Waals surface area (Å²) in [5, 5.41) is 0. The highest BCUT2D eigenvalue weighted by Crippen LogP contribution is 2.32. The topological polar surface area (TPSA) is 43.9 Å². The quantitative estimate of drug-likeness (QED) is 0.692. The van der Waals surface area contributed by atoms with Gasteiger partial charge in [0.1, 0.15) is 0 Å². The first kappa shape index (κ1) is 13.9. The minimum atomic E-state index is 0.134. The van der Waals surface area contributed by atoms with E-state index in [2.05, 4.69) is 16.8 Å². The lowest BCUT2D eigenvalue weighted by atomic mass is 9.95. The summed E-state index contributed by atoms with van der Waals surface area (Å²) in [6.45, 7) is 7.26. The molecule has 5 heteroatoms. The molecule has 3 saturated heterocycles. The maximum atomic E-state index is 12.6. The Hall–Kier alpha value is -1.10. The predicted molar refractivity (Wildman–Crippen MR) is 76.0 cm³/mol. The molecule has 2 atom stereocenters. The third-order valence-electron chi connectivity index (χ3n) is 5.27. The van der Waals surface area contributed by atoms with Gasteiger partial charge in [-0.2, -0.15) is 0 Å². The number of rotatable bonds is 1. The van der Waals surface area contributed by atoms with Crippen LogP contribution in [-0.2, 0) is 9.59 Å². The maximum absolute atomic E-state index is 12.6. The number of hydrogen-bond acceptors (Lipinski definition) is 3. The van der Waals surface area contributed by atoms with Gasteiger partial charge >= 0.3 is 0 Å². The van der Waals surface area contributed by atoms with Crippen LogP contribution in [0.4, 0.5) is 0 Å². The minimum Gasteiger partial charge on any atom is -0.343 e. The number of nitrogens with zero attached hydrogens (tertiary/aromatic N) is 3. The van der Waals surface area contributed by atoms with E-state index in [-0.39, 0.29) is 11.8 Å². The number of amides is 2. The molecule has 0 N–H and O–H groups in total. The van der Waals surface area contributed by atoms with Gasteiger partial charge in [0.05, 0.1) is 0 Å². The molecular formula is C15H25N3O2. The van der Waals surface area contributed by atoms with Gasteiger partial charge in [0.15, 0.2) is 0 Å². The van der Waals surface area contributed by atoms with E-state index >= 15 is 0 Å². The molecule has 5 nitrogen and oxygen atoms in total. The van der Waals surface area contributed by atoms with E-state index < -0.39 is 0 Å². The third kappa shape index (κ3) is 2.55. The largest absolute Gasteiger partial charge is 0.343 e. The highest BCUT2D eigenvalue weighted by atomic mass is 16.2. The Morgan fingerprint density at radius 2 is 1.45 bits per heavy atom. The molecule has 3 aliphatic heterocycles. The molecule has 3 fully saturated rings. The van der Waals surface area contributed by atoms with Gasteiger partial charge in [-0.3, -0.25) is 9.59 Å². The van der Waals surface area contributed by atoms with Crippen molar-refractivity contribution in [2.45, 2.75) is 19.8 Å². The van der Waals surface area contributed by atoms with Crippen LogP contribution in [0.3, 0.4) is 0 Å². The molecule has 3 rings (SSSR count). The fourth-order valence-corrected chi connectivity index (χ4v) is 4.11. The van der Waals surface area contributed by atoms with Crippen LogP contribution in [0.1, 0.15) is 19.8 Å². The highest BCUT2D eigenvalue weighted by Gasteiger charge is 2.42. The number of piperidine rings is 1. The lowest BCUT2D eigenvalue weighted by molar-refractivity contribution is -0.139. The first-order valence-electron chi connectivity index (χ1n) is 7.77. The number of carbonyl (C=O) groups excluding carboxylic acids is 2. The van der Waals surface area contributed by atoms with E-state index in [1.807, 2.05) is 4.90 Å². The Labute approximate surface area is 120 Å². The van der Waals surface area contributed by atoms with Crippen LogP contribution < -0.4 is 0 Å². The SMILES string of the molecule is CC(=O)N1CCC(C(=O)N2CC3CN(C)CC3C2)CC1. The smallest absolute Gasteiger partial charge is 0.225 e. The van der Waals surface area contributed by atoms with Crippen LogP contribution in [0.2, 0.25) is 0 Å². The number of fused-ring (bicyclic) bond motifs is 1. The van der Waals surface area contributed by atoms with Gasteiger partial charge in [0, 0.05) is 52.1 Å². The van der Waals surface area contributed by atoms with Crippen LogP contribution in [0.25, 0.3) is 0 Å². The Balaban J connectivity index is 1.52. The maximum Gasteiger partial charge on any atom is 0.225 e. The van der Waals surface area contributed by atoms with Gasteiger partial charge in [-0.25, -0.2) is 0 Å². The van der Waals surface area contributed by atoms with Crippen molar-refractivity contribution >= 4 is 11.8 Å². The Morgan fingerprint density at radius 1 is 0.900 bits per heavy atom. The molecule has 3 heterocycles. The van der Waals surface area contributed by atoms with Crippen molar-refractivity contribution in [3.05, 3.63) is 0 Å². The predicted octanol–water partition coefficient (Wildman–Crippen LogP) is 0.265. The van der Waals surface area contributed by atoms with Crippen molar-refractivity contribution < 1.29 is 9.59 Å². The summed E-state index contributed by atoms with van der Waals surface area (Å²) >= 11 is 0. The molecule has 3 aliphatic rings. The average molecular weight is 279 g/mol. The molecule has 0 saturated carbocycles. The van der Waals surface area contributed by atoms with E-state index in [0.717, 1.165) is 52.1 Å². The summed E-state index contributed by atoms with van der Waals surface area (Å²) in [5.74, 6) is 1.98. The first-order valence-corrected chi connectivity index (χ1v) is 7.77. The van der Waals surface area contributed by atoms with Crippen molar-refractivity contribution in [1.82, 2.24) is 14.7 Å². The summed E-state index contributed by atoms with van der Waals surface area (Å²) in [5.41, 5.74) is 0. The van der Waals surface area contributed by atoms with Crippen LogP contribution in [0.15, 0.2) is 0 Å². The molecule has 2 amide bonds. The summed E-state index contributed by atoms with van der Waals surface area (Å²) in [4.78, 5) is 30.2. The Kier molecular flexibility index (Phi) is 3.71. The fraction of sp³-hybridized carbons (Fsp3) is 0.867. The Bertz CT molecular complexity index is 390. The van der Waals surface area contributed by atoms with E-state index in [4.69, 9.17) is 0 Å². The highest BCUT2D eigenvalue weighted by molar-refractivity contribution is 5.80. The third-order valence-corrected chi connectivity index (χ3v) is 5.27. The molecule has 0 aromatic carbocycles. The van der Waals surface area contributed by atoms with Crippen LogP contribution >= 0.6 is 0 Å². The molecule has 2 unspecified atom stereocenters. The van der Waals surface area contributed by atoms with E-state index in [0.29, 0.717) is 17.7 Å². The van der Waals surface area contributed by atoms with E-state index in [9.17, 15) is 9.59 Å². The Morgan fingerprint density at radius 3 is 1.95 bits per heavy atom. The van der Waals surface area contributed by atoms with Crippen molar-refractivity contribution in [2.24, 2.45) is 17.8 Å². The lowest BCUT2D eigenvalue weighted by Gasteiger charge is -2.33. The van der Waals surface area contributed by atoms with E-state index in [1.54, 1.807) is 6.92 Å². The molecule has 0 aromatic rings. The van der Waals surface area contributed by atoms with Gasteiger partial charge in [0.2, 0.25) is 11.8 Å². The number of likely N-dealkylation sites (tertiary alicyclic amines) is 3. The van der Waals surface area contributed by atoms with Gasteiger partial charge in [-0.05, 0) is 31.7 Å². The van der Waals surface area contributed by atoms with Crippen molar-refractivity contribution in [2.75, 3.05) is 46.3 Å². The van der Waals surface area contributed by atoms with Gasteiger partial charge < -0.3 is 14.7 Å². The van der Waals surface area contributed by atoms with Gasteiger partial charge in [-0.15, -0.1) is 0 Å². The minimum absolute atomic E-state index is 0.134. The average Bonchev–Trinajstić information content (AvgIpc) is 2.95. The van der Waals surface area contributed by atoms with Crippen LogP contribution in [0, 0.1) is 17.8 Å². The van der Waals surface area contributed by atoms with Crippen molar-refractivity contribution in [1.29, 1.82) is 0 Å². The van der Waals surface area contributed by atoms with Crippen molar-refractivity contribution in [3.63, 3.8) is 0 Å². The summed E-state index contributed by atoms with van der Waals surface area (Å²) in [7, 11) is 2.17. The normalized spacial score (nSPS) is 31.7. The summed E-state index contributed by atoms with van der Waals surface area (Å²) < 4.78 is 0. The molecular weight excluding hydrogens is 254 g/mol. The summed E-state index contributed by atoms with van der Waals surface area (Å²) in [6.07, 6.45) is 1.67. The van der Waals surface area contributed by atoms with Gasteiger partial charge in [-0.1, -0.05) is 0 Å². The second-order valence-electron chi connectivity index (χ2n) is 6.76. The second kappa shape index (κ2) is 5.35. The lowest BCUT2D eigenvalue weighted by Crippen LogP contribution is -2.43. The molecule has 0 spiro atoms. The molecule has 112 valence electrons. The molecule has 0 bridgehead atoms. The molecule has 0 aromatic heterocycles. The standard InChI is InChI=1S/C15H25N3O2/c1-11(19)17-5-3-12(4-6-17)15(20)18-9-13-7-16(2)8-14(13)10-18/h12-14H,3-10H2,1-2H3. The zero-order valence-corrected chi connectivity index (χ0v) is 12.5. The zero-order chi connectivity index (χ0) is 14.3. The van der Waals surface area contributed by atoms with Crippen LogP contribution in [0.5, 0.6) is 0 Å². The molecule has 0 radical (unpaired) electrons.